The summed E-state index contributed by atoms with van der Waals surface area (Å²) in [5.41, 5.74) is 0. The van der Waals surface area contributed by atoms with Gasteiger partial charge < -0.3 is 0 Å². The molecular weight excluding hydrogens is 98.0 g/mol. The topological polar surface area (TPSA) is 63.0 Å². The molecule has 0 N–H and O–H groups in total. The highest BCUT2D eigenvalue weighted by molar-refractivity contribution is 4.27. The van der Waals surface area contributed by atoms with E-state index >= 15 is 0 Å². The van der Waals surface area contributed by atoms with Crippen LogP contribution in [0, 0.1) is 10.1 Å². The Kier molecular flexibility index (Phi) is 2.29. The molecule has 1 unspecified atom stereocenters. The first-order chi connectivity index (χ1) is 3.18. The van der Waals surface area contributed by atoms with E-state index in [1.807, 2.05) is 0 Å². The molecule has 0 heterocycles. The van der Waals surface area contributed by atoms with Crippen LogP contribution in [0.5, 0.6) is 0 Å². The third-order valence-electron chi connectivity index (χ3n) is 0.584. The van der Waals surface area contributed by atoms with Crippen molar-refractivity contribution in [2.45, 2.75) is 19.6 Å². The van der Waals surface area contributed by atoms with E-state index in [9.17, 15) is 15.2 Å². The first kappa shape index (κ1) is 6.36. The third kappa shape index (κ3) is 2.11. The quantitative estimate of drug-likeness (QED) is 0.289. The summed E-state index contributed by atoms with van der Waals surface area (Å²) < 4.78 is 0. The van der Waals surface area contributed by atoms with Gasteiger partial charge in [0.25, 0.3) is 0 Å². The molecule has 4 nitrogen and oxygen atoms in total. The molecule has 0 aromatic rings. The van der Waals surface area contributed by atoms with Gasteiger partial charge >= 0.3 is 6.23 Å². The molecule has 0 aliphatic rings. The molecule has 0 aromatic carbocycles. The predicted octanol–water partition coefficient (Wildman–Crippen LogP) is 0.430. The van der Waals surface area contributed by atoms with Gasteiger partial charge in [-0.2, -0.15) is 5.11 Å². The fourth-order valence-electron chi connectivity index (χ4n) is 0.149. The third-order valence-corrected chi connectivity index (χ3v) is 0.584. The standard InChI is InChI=1S/C3H6NO3/c1-2-3(5)4(6)7/h3H,2H2,1H3. The van der Waals surface area contributed by atoms with Gasteiger partial charge in [-0.1, -0.05) is 6.92 Å². The number of hydrogen-bond acceptors (Lipinski definition) is 2. The van der Waals surface area contributed by atoms with Gasteiger partial charge in [-0.05, 0) is 0 Å². The summed E-state index contributed by atoms with van der Waals surface area (Å²) in [4.78, 5) is 8.59. The number of nitrogens with zero attached hydrogens (tertiary/aromatic N) is 1. The molecule has 0 spiro atoms. The van der Waals surface area contributed by atoms with Crippen molar-refractivity contribution in [1.29, 1.82) is 0 Å². The Hall–Kier alpha value is -0.640. The molecule has 1 radical (unpaired) electrons. The lowest BCUT2D eigenvalue weighted by atomic mass is 10.4. The molecule has 0 aliphatic carbocycles. The van der Waals surface area contributed by atoms with Crippen LogP contribution in [0.4, 0.5) is 0 Å². The summed E-state index contributed by atoms with van der Waals surface area (Å²) in [7, 11) is 0. The number of rotatable bonds is 2. The summed E-state index contributed by atoms with van der Waals surface area (Å²) in [6.07, 6.45) is -1.56. The average molecular weight is 104 g/mol. The van der Waals surface area contributed by atoms with Crippen LogP contribution in [0.2, 0.25) is 0 Å². The van der Waals surface area contributed by atoms with Crippen LogP contribution in [-0.4, -0.2) is 11.2 Å². The lowest BCUT2D eigenvalue weighted by Gasteiger charge is -1.90. The molecule has 1 atom stereocenters. The lowest BCUT2D eigenvalue weighted by molar-refractivity contribution is -0.581. The number of hydrogen-bond donors (Lipinski definition) is 0. The van der Waals surface area contributed by atoms with Gasteiger partial charge in [-0.25, -0.2) is 0 Å². The molecule has 0 saturated heterocycles. The minimum absolute atomic E-state index is 0.0625. The summed E-state index contributed by atoms with van der Waals surface area (Å²) in [5.74, 6) is 0. The molecule has 41 valence electrons. The number of nitro groups is 1. The molecule has 0 bridgehead atoms. The molecular formula is C3H6NO3. The Morgan fingerprint density at radius 1 is 1.86 bits per heavy atom. The van der Waals surface area contributed by atoms with Crippen molar-refractivity contribution in [2.24, 2.45) is 0 Å². The van der Waals surface area contributed by atoms with E-state index in [1.54, 1.807) is 0 Å². The van der Waals surface area contributed by atoms with Crippen molar-refractivity contribution in [3.05, 3.63) is 10.1 Å². The SMILES string of the molecule is CCC([O])[N+](=O)[O-]. The van der Waals surface area contributed by atoms with Crippen molar-refractivity contribution < 1.29 is 10.0 Å². The molecule has 4 heteroatoms. The van der Waals surface area contributed by atoms with Crippen LogP contribution in [0.15, 0.2) is 0 Å². The fraction of sp³-hybridized carbons (Fsp3) is 1.00. The largest absolute Gasteiger partial charge is 0.342 e. The first-order valence-corrected chi connectivity index (χ1v) is 1.97. The molecule has 0 rings (SSSR count). The Labute approximate surface area is 40.9 Å². The molecule has 0 saturated carbocycles. The monoisotopic (exact) mass is 104 g/mol. The molecule has 7 heavy (non-hydrogen) atoms. The van der Waals surface area contributed by atoms with Gasteiger partial charge in [0, 0.05) is 6.42 Å². The smallest absolute Gasteiger partial charge is 0.262 e. The summed E-state index contributed by atoms with van der Waals surface area (Å²) in [6, 6.07) is 0. The predicted molar refractivity (Wildman–Crippen MR) is 21.8 cm³/mol. The molecule has 0 aromatic heterocycles. The van der Waals surface area contributed by atoms with Gasteiger partial charge in [0.1, 0.15) is 0 Å². The van der Waals surface area contributed by atoms with Crippen LogP contribution >= 0.6 is 0 Å². The lowest BCUT2D eigenvalue weighted by Crippen LogP contribution is -2.14. The summed E-state index contributed by atoms with van der Waals surface area (Å²) in [5, 5.41) is 19.3. The van der Waals surface area contributed by atoms with E-state index in [2.05, 4.69) is 0 Å². The van der Waals surface area contributed by atoms with Crippen molar-refractivity contribution in [2.75, 3.05) is 0 Å². The molecule has 0 amide bonds. The zero-order chi connectivity index (χ0) is 5.86. The second-order valence-electron chi connectivity index (χ2n) is 1.15. The average Bonchev–Trinajstić information content (AvgIpc) is 1.65. The maximum absolute atomic E-state index is 9.90. The van der Waals surface area contributed by atoms with Crippen LogP contribution < -0.4 is 0 Å². The first-order valence-electron chi connectivity index (χ1n) is 1.97. The highest BCUT2D eigenvalue weighted by atomic mass is 16.7. The van der Waals surface area contributed by atoms with Gasteiger partial charge in [-0.3, -0.25) is 10.1 Å². The van der Waals surface area contributed by atoms with E-state index in [0.717, 1.165) is 0 Å². The van der Waals surface area contributed by atoms with Crippen LogP contribution in [0.1, 0.15) is 13.3 Å². The highest BCUT2D eigenvalue weighted by Crippen LogP contribution is 1.88. The summed E-state index contributed by atoms with van der Waals surface area (Å²) >= 11 is 0. The minimum atomic E-state index is -1.63. The molecule has 0 aliphatic heterocycles. The molecule has 0 fully saturated rings. The van der Waals surface area contributed by atoms with E-state index < -0.39 is 11.2 Å². The Bertz CT molecular complexity index is 72.6. The normalized spacial score (nSPS) is 13.4. The van der Waals surface area contributed by atoms with Gasteiger partial charge in [0.2, 0.25) is 0 Å². The fourth-order valence-corrected chi connectivity index (χ4v) is 0.149. The van der Waals surface area contributed by atoms with Gasteiger partial charge in [0.15, 0.2) is 0 Å². The van der Waals surface area contributed by atoms with Crippen molar-refractivity contribution in [3.8, 4) is 0 Å². The van der Waals surface area contributed by atoms with Crippen molar-refractivity contribution in [3.63, 3.8) is 0 Å². The second kappa shape index (κ2) is 2.52. The van der Waals surface area contributed by atoms with Crippen molar-refractivity contribution >= 4 is 0 Å². The second-order valence-corrected chi connectivity index (χ2v) is 1.15. The maximum atomic E-state index is 9.90. The Balaban J connectivity index is 3.34. The van der Waals surface area contributed by atoms with E-state index in [4.69, 9.17) is 0 Å². The van der Waals surface area contributed by atoms with Crippen LogP contribution in [0.3, 0.4) is 0 Å². The van der Waals surface area contributed by atoms with Crippen LogP contribution in [-0.2, 0) is 5.11 Å². The van der Waals surface area contributed by atoms with E-state index in [-0.39, 0.29) is 6.42 Å². The van der Waals surface area contributed by atoms with Crippen molar-refractivity contribution in [1.82, 2.24) is 0 Å². The zero-order valence-corrected chi connectivity index (χ0v) is 3.96. The minimum Gasteiger partial charge on any atom is -0.262 e. The van der Waals surface area contributed by atoms with E-state index in [1.165, 1.54) is 6.92 Å². The highest BCUT2D eigenvalue weighted by Gasteiger charge is 2.11. The van der Waals surface area contributed by atoms with E-state index in [0.29, 0.717) is 0 Å². The van der Waals surface area contributed by atoms with Crippen LogP contribution in [0.25, 0.3) is 0 Å². The zero-order valence-electron chi connectivity index (χ0n) is 3.96. The summed E-state index contributed by atoms with van der Waals surface area (Å²) in [6.45, 7) is 1.49. The van der Waals surface area contributed by atoms with Gasteiger partial charge in [0.05, 0.1) is 4.92 Å². The maximum Gasteiger partial charge on any atom is 0.342 e. The Morgan fingerprint density at radius 2 is 2.29 bits per heavy atom. The van der Waals surface area contributed by atoms with Gasteiger partial charge in [-0.15, -0.1) is 0 Å². The Morgan fingerprint density at radius 3 is 2.29 bits per heavy atom.